The second-order valence-electron chi connectivity index (χ2n) is 7.48. The van der Waals surface area contributed by atoms with Crippen molar-refractivity contribution in [2.24, 2.45) is 0 Å². The van der Waals surface area contributed by atoms with Crippen LogP contribution in [0.3, 0.4) is 0 Å². The van der Waals surface area contributed by atoms with Crippen LogP contribution in [0, 0.1) is 24.7 Å². The van der Waals surface area contributed by atoms with Crippen molar-refractivity contribution in [2.45, 2.75) is 33.9 Å². The Morgan fingerprint density at radius 1 is 1.26 bits per heavy atom. The van der Waals surface area contributed by atoms with E-state index in [4.69, 9.17) is 12.2 Å². The van der Waals surface area contributed by atoms with Crippen molar-refractivity contribution in [1.29, 1.82) is 0 Å². The van der Waals surface area contributed by atoms with E-state index in [0.29, 0.717) is 26.4 Å². The highest BCUT2D eigenvalue weighted by molar-refractivity contribution is 7.73. The maximum Gasteiger partial charge on any atom is 0.273 e. The Kier molecular flexibility index (Phi) is 5.60. The van der Waals surface area contributed by atoms with Gasteiger partial charge in [0.2, 0.25) is 0 Å². The maximum atomic E-state index is 13.1. The molecule has 0 amide bonds. The summed E-state index contributed by atoms with van der Waals surface area (Å²) in [5.41, 5.74) is 4.84. The van der Waals surface area contributed by atoms with Gasteiger partial charge < -0.3 is 9.13 Å². The van der Waals surface area contributed by atoms with Gasteiger partial charge >= 0.3 is 0 Å². The third-order valence-electron chi connectivity index (χ3n) is 5.26. The monoisotopic (exact) mass is 450 g/mol. The molecule has 0 aliphatic rings. The average Bonchev–Trinajstić information content (AvgIpc) is 3.21. The largest absolute Gasteiger partial charge is 0.318 e. The normalized spacial score (nSPS) is 11.2. The van der Waals surface area contributed by atoms with Gasteiger partial charge in [-0.15, -0.1) is 6.58 Å². The van der Waals surface area contributed by atoms with Gasteiger partial charge in [-0.05, 0) is 56.8 Å². The molecule has 0 N–H and O–H groups in total. The summed E-state index contributed by atoms with van der Waals surface area (Å²) < 4.78 is 6.20. The van der Waals surface area contributed by atoms with E-state index in [9.17, 15) is 9.59 Å². The van der Waals surface area contributed by atoms with Gasteiger partial charge in [0.25, 0.3) is 5.56 Å². The summed E-state index contributed by atoms with van der Waals surface area (Å²) in [6.45, 7) is 10.1. The van der Waals surface area contributed by atoms with Crippen LogP contribution >= 0.6 is 23.6 Å². The van der Waals surface area contributed by atoms with E-state index in [2.05, 4.69) is 22.2 Å². The van der Waals surface area contributed by atoms with Crippen molar-refractivity contribution in [2.75, 3.05) is 0 Å². The molecule has 3 heterocycles. The van der Waals surface area contributed by atoms with E-state index < -0.39 is 0 Å². The Labute approximate surface area is 188 Å². The van der Waals surface area contributed by atoms with Gasteiger partial charge in [0.1, 0.15) is 11.0 Å². The number of carbonyl (C=O) groups excluding carboxylic acids is 1. The van der Waals surface area contributed by atoms with Gasteiger partial charge in [-0.1, -0.05) is 29.5 Å². The zero-order chi connectivity index (χ0) is 22.3. The van der Waals surface area contributed by atoms with Gasteiger partial charge in [0.05, 0.1) is 6.54 Å². The summed E-state index contributed by atoms with van der Waals surface area (Å²) in [5.74, 6) is -0.135. The lowest BCUT2D eigenvalue weighted by atomic mass is 10.1. The molecule has 0 aliphatic heterocycles. The second-order valence-corrected chi connectivity index (χ2v) is 9.12. The molecule has 158 valence electrons. The molecule has 0 radical (unpaired) electrons. The molecular weight excluding hydrogens is 428 g/mol. The van der Waals surface area contributed by atoms with Gasteiger partial charge in [-0.3, -0.25) is 14.2 Å². The number of hydrogen-bond acceptors (Lipinski definition) is 5. The van der Waals surface area contributed by atoms with E-state index >= 15 is 0 Å². The second kappa shape index (κ2) is 8.20. The molecular formula is C23H22N4O2S2. The molecule has 0 spiro atoms. The highest BCUT2D eigenvalue weighted by atomic mass is 32.1. The molecule has 0 atom stereocenters. The van der Waals surface area contributed by atoms with Crippen LogP contribution in [0.4, 0.5) is 0 Å². The van der Waals surface area contributed by atoms with Crippen molar-refractivity contribution in [3.63, 3.8) is 0 Å². The molecule has 0 saturated carbocycles. The number of aromatic nitrogens is 4. The summed E-state index contributed by atoms with van der Waals surface area (Å²) in [6.07, 6.45) is 3.13. The molecule has 3 aromatic heterocycles. The smallest absolute Gasteiger partial charge is 0.273 e. The van der Waals surface area contributed by atoms with Crippen LogP contribution in [0.5, 0.6) is 0 Å². The molecule has 0 saturated heterocycles. The van der Waals surface area contributed by atoms with Gasteiger partial charge in [-0.25, -0.2) is 4.98 Å². The molecule has 31 heavy (non-hydrogen) atoms. The van der Waals surface area contributed by atoms with Crippen LogP contribution in [0.2, 0.25) is 0 Å². The minimum Gasteiger partial charge on any atom is -0.318 e. The van der Waals surface area contributed by atoms with Gasteiger partial charge in [0, 0.05) is 29.2 Å². The van der Waals surface area contributed by atoms with Crippen LogP contribution < -0.4 is 5.56 Å². The Morgan fingerprint density at radius 3 is 2.74 bits per heavy atom. The number of benzene rings is 1. The topological polar surface area (TPSA) is 61.8 Å². The first kappa shape index (κ1) is 21.1. The predicted molar refractivity (Wildman–Crippen MR) is 127 cm³/mol. The van der Waals surface area contributed by atoms with Crippen LogP contribution in [0.15, 0.2) is 54.1 Å². The maximum absolute atomic E-state index is 13.1. The highest BCUT2D eigenvalue weighted by Gasteiger charge is 2.19. The lowest BCUT2D eigenvalue weighted by Gasteiger charge is -2.11. The Bertz CT molecular complexity index is 1450. The number of hydrogen-bond donors (Lipinski definition) is 0. The van der Waals surface area contributed by atoms with Crippen LogP contribution in [0.25, 0.3) is 16.0 Å². The third-order valence-corrected chi connectivity index (χ3v) is 6.69. The van der Waals surface area contributed by atoms with Gasteiger partial charge in [-0.2, -0.15) is 0 Å². The van der Waals surface area contributed by atoms with Crippen molar-refractivity contribution in [3.8, 4) is 5.69 Å². The molecule has 0 unspecified atom stereocenters. The third kappa shape index (κ3) is 3.73. The molecule has 6 nitrogen and oxygen atoms in total. The van der Waals surface area contributed by atoms with Crippen molar-refractivity contribution in [3.05, 3.63) is 86.1 Å². The van der Waals surface area contributed by atoms with Crippen LogP contribution in [-0.2, 0) is 13.1 Å². The van der Waals surface area contributed by atoms with E-state index in [1.165, 1.54) is 22.2 Å². The minimum absolute atomic E-state index is 0.0774. The Hall–Kier alpha value is -3.10. The van der Waals surface area contributed by atoms with Crippen molar-refractivity contribution in [1.82, 2.24) is 18.7 Å². The van der Waals surface area contributed by atoms with E-state index in [1.54, 1.807) is 10.6 Å². The summed E-state index contributed by atoms with van der Waals surface area (Å²) in [4.78, 5) is 30.5. The first-order chi connectivity index (χ1) is 14.8. The number of thiazole rings is 1. The number of ketones is 1. The number of aryl methyl sites for hydroxylation is 2. The first-order valence-corrected chi connectivity index (χ1v) is 11.0. The lowest BCUT2D eigenvalue weighted by molar-refractivity contribution is 0.0970. The van der Waals surface area contributed by atoms with E-state index in [-0.39, 0.29) is 17.9 Å². The highest BCUT2D eigenvalue weighted by Crippen LogP contribution is 2.23. The molecule has 1 aromatic carbocycles. The van der Waals surface area contributed by atoms with Crippen LogP contribution in [-0.4, -0.2) is 24.5 Å². The first-order valence-electron chi connectivity index (χ1n) is 9.80. The standard InChI is InChI=1S/C23H22N4O2S2/c1-5-9-26-21-20(31-23(26)30)22(29)25(13-24-21)12-19(28)18-11-15(3)27(16(18)4)17-8-6-7-14(2)10-17/h5-8,10-11,13H,1,9,12H2,2-4H3. The number of fused-ring (bicyclic) bond motifs is 1. The minimum atomic E-state index is -0.259. The Morgan fingerprint density at radius 2 is 2.03 bits per heavy atom. The molecule has 0 fully saturated rings. The number of carbonyl (C=O) groups is 1. The molecule has 0 bridgehead atoms. The van der Waals surface area contributed by atoms with Crippen LogP contribution in [0.1, 0.15) is 27.3 Å². The summed E-state index contributed by atoms with van der Waals surface area (Å²) in [5, 5.41) is 0. The number of Topliss-reactive ketones (excluding diaryl/α,β-unsaturated/α-hetero) is 1. The van der Waals surface area contributed by atoms with E-state index in [1.807, 2.05) is 45.0 Å². The molecule has 8 heteroatoms. The predicted octanol–water partition coefficient (Wildman–Crippen LogP) is 4.77. The van der Waals surface area contributed by atoms with Crippen molar-refractivity contribution < 1.29 is 4.79 Å². The molecule has 0 aliphatic carbocycles. The number of rotatable bonds is 6. The fourth-order valence-corrected chi connectivity index (χ4v) is 5.14. The SMILES string of the molecule is C=CCn1c(=S)sc2c(=O)n(CC(=O)c3cc(C)n(-c4cccc(C)c4)c3C)cnc21. The fourth-order valence-electron chi connectivity index (χ4n) is 3.82. The number of nitrogens with zero attached hydrogens (tertiary/aromatic N) is 4. The lowest BCUT2D eigenvalue weighted by Crippen LogP contribution is -2.24. The zero-order valence-corrected chi connectivity index (χ0v) is 19.2. The summed E-state index contributed by atoms with van der Waals surface area (Å²) in [7, 11) is 0. The van der Waals surface area contributed by atoms with Crippen molar-refractivity contribution >= 4 is 39.7 Å². The number of allylic oxidation sites excluding steroid dienone is 1. The molecule has 4 aromatic rings. The zero-order valence-electron chi connectivity index (χ0n) is 17.6. The molecule has 4 rings (SSSR count). The average molecular weight is 451 g/mol. The summed E-state index contributed by atoms with van der Waals surface area (Å²) in [6, 6.07) is 10.0. The Balaban J connectivity index is 1.71. The van der Waals surface area contributed by atoms with E-state index in [0.717, 1.165) is 22.6 Å². The fraction of sp³-hybridized carbons (Fsp3) is 0.217. The summed E-state index contributed by atoms with van der Waals surface area (Å²) >= 11 is 6.56. The quantitative estimate of drug-likeness (QED) is 0.241. The van der Waals surface area contributed by atoms with Gasteiger partial charge in [0.15, 0.2) is 15.4 Å².